The summed E-state index contributed by atoms with van der Waals surface area (Å²) in [6.07, 6.45) is 75.4. The molecule has 0 rings (SSSR count). The highest BCUT2D eigenvalue weighted by Crippen LogP contribution is 2.17. The van der Waals surface area contributed by atoms with E-state index in [0.717, 1.165) is 70.6 Å². The van der Waals surface area contributed by atoms with Gasteiger partial charge in [-0.2, -0.15) is 0 Å². The number of carbonyl (C=O) groups is 3. The van der Waals surface area contributed by atoms with Crippen molar-refractivity contribution >= 4 is 17.9 Å². The number of hydrogen-bond acceptors (Lipinski definition) is 6. The van der Waals surface area contributed by atoms with Crippen molar-refractivity contribution in [2.24, 2.45) is 0 Å². The molecule has 6 heteroatoms. The number of unbranched alkanes of at least 4 members (excludes halogenated alkanes) is 36. The minimum absolute atomic E-state index is 0.0994. The number of esters is 3. The van der Waals surface area contributed by atoms with Gasteiger partial charge in [0.25, 0.3) is 0 Å². The third-order valence-corrected chi connectivity index (χ3v) is 13.6. The maximum atomic E-state index is 12.9. The average molecular weight is 994 g/mol. The molecule has 0 radical (unpaired) electrons. The van der Waals surface area contributed by atoms with Gasteiger partial charge in [-0.3, -0.25) is 14.4 Å². The maximum Gasteiger partial charge on any atom is 0.309 e. The molecular weight excluding hydrogens is 877 g/mol. The lowest BCUT2D eigenvalue weighted by molar-refractivity contribution is -0.166. The summed E-state index contributed by atoms with van der Waals surface area (Å²) >= 11 is 0. The van der Waals surface area contributed by atoms with Crippen LogP contribution in [0.4, 0.5) is 0 Å². The quantitative estimate of drug-likeness (QED) is 0.0261. The number of ether oxygens (including phenoxy) is 3. The van der Waals surface area contributed by atoms with Gasteiger partial charge < -0.3 is 14.2 Å². The standard InChI is InChI=1S/C65H116O6/c1-4-7-10-13-16-19-22-25-28-30-32-33-35-37-40-43-46-49-52-55-58-64(67)70-61-62(60-69-63(66)57-54-51-48-45-42-39-36-27-24-21-18-15-12-9-6-3)71-65(68)59-56-53-50-47-44-41-38-34-31-29-26-23-20-17-14-11-8-5-2/h9,12,18,21,27,36,42,45,51,54,62H,4-8,10-11,13-17,19-20,22-26,28-35,37-41,43-44,46-50,52-53,55-61H2,1-3H3/b12-9-,21-18-,36-27-,45-42-,54-51-. The molecule has 0 N–H and O–H groups in total. The van der Waals surface area contributed by atoms with Gasteiger partial charge in [-0.25, -0.2) is 0 Å². The summed E-state index contributed by atoms with van der Waals surface area (Å²) in [6.45, 7) is 6.49. The number of allylic oxidation sites excluding steroid dienone is 9. The Balaban J connectivity index is 4.39. The van der Waals surface area contributed by atoms with Crippen LogP contribution >= 0.6 is 0 Å². The third kappa shape index (κ3) is 57.9. The van der Waals surface area contributed by atoms with Crippen LogP contribution in [0.25, 0.3) is 0 Å². The summed E-state index contributed by atoms with van der Waals surface area (Å²) in [5.41, 5.74) is 0. The Kier molecular flexibility index (Phi) is 57.2. The molecule has 0 aliphatic heterocycles. The molecule has 412 valence electrons. The van der Waals surface area contributed by atoms with E-state index >= 15 is 0 Å². The van der Waals surface area contributed by atoms with Crippen molar-refractivity contribution < 1.29 is 28.6 Å². The van der Waals surface area contributed by atoms with Crippen molar-refractivity contribution in [3.05, 3.63) is 60.8 Å². The molecule has 6 nitrogen and oxygen atoms in total. The maximum absolute atomic E-state index is 12.9. The summed E-state index contributed by atoms with van der Waals surface area (Å²) < 4.78 is 16.8. The van der Waals surface area contributed by atoms with E-state index in [0.29, 0.717) is 12.8 Å². The van der Waals surface area contributed by atoms with Crippen molar-refractivity contribution in [3.8, 4) is 0 Å². The molecule has 0 amide bonds. The Morgan fingerprint density at radius 3 is 0.859 bits per heavy atom. The Morgan fingerprint density at radius 2 is 0.549 bits per heavy atom. The smallest absolute Gasteiger partial charge is 0.309 e. The van der Waals surface area contributed by atoms with E-state index in [2.05, 4.69) is 69.4 Å². The minimum atomic E-state index is -0.811. The molecule has 0 saturated heterocycles. The lowest BCUT2D eigenvalue weighted by Crippen LogP contribution is -2.30. The molecule has 0 aromatic carbocycles. The van der Waals surface area contributed by atoms with Crippen molar-refractivity contribution in [3.63, 3.8) is 0 Å². The van der Waals surface area contributed by atoms with E-state index < -0.39 is 12.1 Å². The zero-order chi connectivity index (χ0) is 51.4. The van der Waals surface area contributed by atoms with Crippen molar-refractivity contribution in [1.29, 1.82) is 0 Å². The topological polar surface area (TPSA) is 78.9 Å². The second-order valence-corrected chi connectivity index (χ2v) is 20.6. The van der Waals surface area contributed by atoms with Crippen LogP contribution < -0.4 is 0 Å². The summed E-state index contributed by atoms with van der Waals surface area (Å²) in [4.78, 5) is 38.2. The van der Waals surface area contributed by atoms with E-state index in [1.165, 1.54) is 205 Å². The van der Waals surface area contributed by atoms with Crippen molar-refractivity contribution in [1.82, 2.24) is 0 Å². The minimum Gasteiger partial charge on any atom is -0.462 e. The van der Waals surface area contributed by atoms with Crippen molar-refractivity contribution in [2.75, 3.05) is 13.2 Å². The first-order chi connectivity index (χ1) is 35.0. The molecule has 0 spiro atoms. The fourth-order valence-corrected chi connectivity index (χ4v) is 8.99. The molecule has 0 saturated carbocycles. The molecule has 71 heavy (non-hydrogen) atoms. The Morgan fingerprint density at radius 1 is 0.296 bits per heavy atom. The molecular formula is C65H116O6. The average Bonchev–Trinajstić information content (AvgIpc) is 3.37. The van der Waals surface area contributed by atoms with Crippen LogP contribution in [0.3, 0.4) is 0 Å². The van der Waals surface area contributed by atoms with Gasteiger partial charge in [0.2, 0.25) is 0 Å². The van der Waals surface area contributed by atoms with Gasteiger partial charge in [0.05, 0.1) is 6.42 Å². The zero-order valence-electron chi connectivity index (χ0n) is 47.2. The first kappa shape index (κ1) is 68.1. The van der Waals surface area contributed by atoms with Gasteiger partial charge in [0.1, 0.15) is 13.2 Å². The van der Waals surface area contributed by atoms with Gasteiger partial charge in [-0.05, 0) is 44.9 Å². The fourth-order valence-electron chi connectivity index (χ4n) is 8.99. The van der Waals surface area contributed by atoms with E-state index in [1.54, 1.807) is 6.08 Å². The number of rotatable bonds is 56. The van der Waals surface area contributed by atoms with E-state index in [1.807, 2.05) is 6.08 Å². The molecule has 0 aliphatic carbocycles. The fraction of sp³-hybridized carbons (Fsp3) is 0.800. The van der Waals surface area contributed by atoms with E-state index in [9.17, 15) is 14.4 Å². The number of hydrogen-bond donors (Lipinski definition) is 0. The van der Waals surface area contributed by atoms with Crippen LogP contribution in [-0.4, -0.2) is 37.2 Å². The highest BCUT2D eigenvalue weighted by Gasteiger charge is 2.19. The van der Waals surface area contributed by atoms with Crippen LogP contribution in [0.1, 0.15) is 316 Å². The highest BCUT2D eigenvalue weighted by atomic mass is 16.6. The predicted molar refractivity (Wildman–Crippen MR) is 307 cm³/mol. The molecule has 0 fully saturated rings. The van der Waals surface area contributed by atoms with Gasteiger partial charge in [0, 0.05) is 12.8 Å². The second-order valence-electron chi connectivity index (χ2n) is 20.6. The third-order valence-electron chi connectivity index (χ3n) is 13.6. The van der Waals surface area contributed by atoms with Crippen LogP contribution in [-0.2, 0) is 28.6 Å². The lowest BCUT2D eigenvalue weighted by Gasteiger charge is -2.18. The van der Waals surface area contributed by atoms with Crippen LogP contribution in [0.2, 0.25) is 0 Å². The largest absolute Gasteiger partial charge is 0.462 e. The SMILES string of the molecule is CC/C=C\C/C=C\C/C=C\C/C=C\C/C=C\CC(=O)OCC(COC(=O)CCCCCCCCCCCCCCCCCCCCCC)OC(=O)CCCCCCCCCCCCCCCCCCCC. The van der Waals surface area contributed by atoms with Gasteiger partial charge >= 0.3 is 17.9 Å². The summed E-state index contributed by atoms with van der Waals surface area (Å²) in [5, 5.41) is 0. The Hall–Kier alpha value is -2.89. The Bertz CT molecular complexity index is 1280. The molecule has 0 aromatic heterocycles. The number of carbonyl (C=O) groups excluding carboxylic acids is 3. The van der Waals surface area contributed by atoms with Crippen LogP contribution in [0.5, 0.6) is 0 Å². The molecule has 0 heterocycles. The Labute approximate surface area is 440 Å². The van der Waals surface area contributed by atoms with Crippen LogP contribution in [0.15, 0.2) is 60.8 Å². The molecule has 0 aromatic rings. The van der Waals surface area contributed by atoms with E-state index in [-0.39, 0.29) is 31.6 Å². The highest BCUT2D eigenvalue weighted by molar-refractivity contribution is 5.72. The van der Waals surface area contributed by atoms with Crippen LogP contribution in [0, 0.1) is 0 Å². The van der Waals surface area contributed by atoms with E-state index in [4.69, 9.17) is 14.2 Å². The molecule has 0 bridgehead atoms. The van der Waals surface area contributed by atoms with Crippen molar-refractivity contribution in [2.45, 2.75) is 322 Å². The van der Waals surface area contributed by atoms with Gasteiger partial charge in [-0.1, -0.05) is 313 Å². The second kappa shape index (κ2) is 59.7. The molecule has 0 aliphatic rings. The summed E-state index contributed by atoms with van der Waals surface area (Å²) in [7, 11) is 0. The normalized spacial score (nSPS) is 12.4. The summed E-state index contributed by atoms with van der Waals surface area (Å²) in [6, 6.07) is 0. The predicted octanol–water partition coefficient (Wildman–Crippen LogP) is 20.8. The first-order valence-electron chi connectivity index (χ1n) is 30.8. The molecule has 1 unspecified atom stereocenters. The van der Waals surface area contributed by atoms with Gasteiger partial charge in [0.15, 0.2) is 6.10 Å². The van der Waals surface area contributed by atoms with Gasteiger partial charge in [-0.15, -0.1) is 0 Å². The monoisotopic (exact) mass is 993 g/mol. The zero-order valence-corrected chi connectivity index (χ0v) is 47.2. The summed E-state index contributed by atoms with van der Waals surface area (Å²) in [5.74, 6) is -1.01. The first-order valence-corrected chi connectivity index (χ1v) is 30.8. The lowest BCUT2D eigenvalue weighted by atomic mass is 10.0. The molecule has 1 atom stereocenters.